The summed E-state index contributed by atoms with van der Waals surface area (Å²) in [5, 5.41) is 10.7. The van der Waals surface area contributed by atoms with Gasteiger partial charge in [0.15, 0.2) is 5.60 Å². The van der Waals surface area contributed by atoms with Gasteiger partial charge in [0.2, 0.25) is 5.78 Å². The number of ether oxygens (including phenoxy) is 2. The molecule has 0 spiro atoms. The van der Waals surface area contributed by atoms with Gasteiger partial charge in [-0.05, 0) is 57.2 Å². The van der Waals surface area contributed by atoms with Crippen LogP contribution >= 0.6 is 0 Å². The molecule has 0 aliphatic rings. The summed E-state index contributed by atoms with van der Waals surface area (Å²) in [5.41, 5.74) is 0.678. The van der Waals surface area contributed by atoms with Crippen molar-refractivity contribution in [2.45, 2.75) is 32.7 Å². The minimum absolute atomic E-state index is 0.178. The van der Waals surface area contributed by atoms with Crippen LogP contribution in [0, 0.1) is 6.92 Å². The number of aliphatic carboxylic acids is 1. The van der Waals surface area contributed by atoms with Crippen molar-refractivity contribution in [3.05, 3.63) is 95.8 Å². The van der Waals surface area contributed by atoms with Crippen molar-refractivity contribution >= 4 is 33.6 Å². The number of rotatable bonds is 7. The molecule has 0 aliphatic heterocycles. The van der Waals surface area contributed by atoms with Gasteiger partial charge >= 0.3 is 12.3 Å². The highest BCUT2D eigenvalue weighted by Gasteiger charge is 2.32. The van der Waals surface area contributed by atoms with Gasteiger partial charge in [-0.25, -0.2) is 9.78 Å². The zero-order valence-electron chi connectivity index (χ0n) is 21.6. The van der Waals surface area contributed by atoms with Crippen molar-refractivity contribution in [1.82, 2.24) is 9.55 Å². The van der Waals surface area contributed by atoms with Gasteiger partial charge in [-0.3, -0.25) is 4.79 Å². The number of carbonyl (C=O) groups is 2. The van der Waals surface area contributed by atoms with E-state index >= 15 is 0 Å². The van der Waals surface area contributed by atoms with Crippen molar-refractivity contribution in [2.75, 3.05) is 0 Å². The molecule has 0 unspecified atom stereocenters. The van der Waals surface area contributed by atoms with Gasteiger partial charge in [0.25, 0.3) is 0 Å². The fourth-order valence-electron chi connectivity index (χ4n) is 4.56. The first-order valence-corrected chi connectivity index (χ1v) is 12.2. The van der Waals surface area contributed by atoms with Crippen LogP contribution in [0.25, 0.3) is 27.5 Å². The van der Waals surface area contributed by atoms with Crippen molar-refractivity contribution in [2.24, 2.45) is 0 Å². The Labute approximate surface area is 226 Å². The number of para-hydroxylation sites is 1. The second kappa shape index (κ2) is 9.71. The van der Waals surface area contributed by atoms with Gasteiger partial charge in [0.1, 0.15) is 17.2 Å². The van der Waals surface area contributed by atoms with Crippen LogP contribution in [-0.2, 0) is 4.79 Å². The molecular formula is C30H23F3N2O5. The fraction of sp³-hybridized carbons (Fsp3) is 0.167. The number of carbonyl (C=O) groups excluding carboxylic acids is 1. The molecule has 5 rings (SSSR count). The second-order valence-corrected chi connectivity index (χ2v) is 9.66. The first-order valence-electron chi connectivity index (χ1n) is 12.2. The van der Waals surface area contributed by atoms with E-state index in [1.54, 1.807) is 54.0 Å². The summed E-state index contributed by atoms with van der Waals surface area (Å²) in [5.74, 6) is -1.82. The Morgan fingerprint density at radius 2 is 1.60 bits per heavy atom. The Bertz CT molecular complexity index is 1790. The number of fused-ring (bicyclic) bond motifs is 2. The summed E-state index contributed by atoms with van der Waals surface area (Å²) in [6.45, 7) is 4.46. The number of benzene rings is 3. The third-order valence-electron chi connectivity index (χ3n) is 6.43. The number of hydrogen-bond donors (Lipinski definition) is 1. The van der Waals surface area contributed by atoms with Gasteiger partial charge < -0.3 is 19.1 Å². The molecule has 204 valence electrons. The van der Waals surface area contributed by atoms with Crippen LogP contribution in [0.5, 0.6) is 11.5 Å². The summed E-state index contributed by atoms with van der Waals surface area (Å²) < 4.78 is 50.6. The Hall–Kier alpha value is -4.86. The van der Waals surface area contributed by atoms with Gasteiger partial charge in [-0.15, -0.1) is 13.2 Å². The summed E-state index contributed by atoms with van der Waals surface area (Å²) in [6, 6.07) is 20.9. The summed E-state index contributed by atoms with van der Waals surface area (Å²) in [4.78, 5) is 29.9. The number of carboxylic acid groups (broad SMARTS) is 1. The molecule has 10 heteroatoms. The SMILES string of the molecule is Cc1c(C(=O)c2ccc3ccccc3n2)c2ccc(OC(F)(F)F)cc2n1-c1cccc(OC(C)(C)C(=O)O)c1. The molecule has 7 nitrogen and oxygen atoms in total. The second-order valence-electron chi connectivity index (χ2n) is 9.66. The van der Waals surface area contributed by atoms with Crippen LogP contribution in [0.2, 0.25) is 0 Å². The molecule has 0 aliphatic carbocycles. The third-order valence-corrected chi connectivity index (χ3v) is 6.43. The van der Waals surface area contributed by atoms with Gasteiger partial charge in [0.05, 0.1) is 16.6 Å². The average molecular weight is 549 g/mol. The van der Waals surface area contributed by atoms with E-state index in [9.17, 15) is 27.9 Å². The Morgan fingerprint density at radius 1 is 0.875 bits per heavy atom. The topological polar surface area (TPSA) is 90.6 Å². The fourth-order valence-corrected chi connectivity index (χ4v) is 4.56. The molecule has 0 radical (unpaired) electrons. The number of hydrogen-bond acceptors (Lipinski definition) is 5. The van der Waals surface area contributed by atoms with E-state index in [0.717, 1.165) is 11.5 Å². The largest absolute Gasteiger partial charge is 0.573 e. The monoisotopic (exact) mass is 548 g/mol. The van der Waals surface area contributed by atoms with E-state index in [1.165, 1.54) is 26.0 Å². The maximum atomic E-state index is 13.8. The zero-order valence-corrected chi connectivity index (χ0v) is 21.6. The van der Waals surface area contributed by atoms with Crippen molar-refractivity contribution in [3.63, 3.8) is 0 Å². The molecule has 1 N–H and O–H groups in total. The van der Waals surface area contributed by atoms with E-state index in [2.05, 4.69) is 9.72 Å². The minimum atomic E-state index is -4.91. The molecule has 2 heterocycles. The van der Waals surface area contributed by atoms with Crippen molar-refractivity contribution in [3.8, 4) is 17.2 Å². The third kappa shape index (κ3) is 5.07. The zero-order chi connectivity index (χ0) is 28.8. The van der Waals surface area contributed by atoms with Crippen LogP contribution in [0.15, 0.2) is 78.9 Å². The number of carboxylic acids is 1. The lowest BCUT2D eigenvalue weighted by Crippen LogP contribution is -2.37. The molecule has 0 amide bonds. The maximum Gasteiger partial charge on any atom is 0.573 e. The lowest BCUT2D eigenvalue weighted by molar-refractivity contribution is -0.274. The number of aromatic nitrogens is 2. The predicted octanol–water partition coefficient (Wildman–Crippen LogP) is 6.86. The first kappa shape index (κ1) is 26.7. The Morgan fingerprint density at radius 3 is 2.33 bits per heavy atom. The molecule has 2 aromatic heterocycles. The van der Waals surface area contributed by atoms with Crippen LogP contribution in [0.3, 0.4) is 0 Å². The van der Waals surface area contributed by atoms with Crippen molar-refractivity contribution < 1.29 is 37.3 Å². The lowest BCUT2D eigenvalue weighted by atomic mass is 10.0. The summed E-state index contributed by atoms with van der Waals surface area (Å²) >= 11 is 0. The Kier molecular flexibility index (Phi) is 6.49. The highest BCUT2D eigenvalue weighted by molar-refractivity contribution is 6.17. The normalized spacial score (nSPS) is 12.1. The van der Waals surface area contributed by atoms with E-state index in [-0.39, 0.29) is 22.5 Å². The van der Waals surface area contributed by atoms with E-state index < -0.39 is 29.5 Å². The molecule has 0 atom stereocenters. The molecule has 0 saturated carbocycles. The summed E-state index contributed by atoms with van der Waals surface area (Å²) in [6.07, 6.45) is -4.91. The number of alkyl halides is 3. The lowest BCUT2D eigenvalue weighted by Gasteiger charge is -2.22. The quantitative estimate of drug-likeness (QED) is 0.224. The van der Waals surface area contributed by atoms with E-state index in [1.807, 2.05) is 18.2 Å². The predicted molar refractivity (Wildman–Crippen MR) is 142 cm³/mol. The van der Waals surface area contributed by atoms with Crippen LogP contribution in [0.4, 0.5) is 13.2 Å². The highest BCUT2D eigenvalue weighted by Crippen LogP contribution is 2.36. The van der Waals surface area contributed by atoms with Crippen molar-refractivity contribution in [1.29, 1.82) is 0 Å². The van der Waals surface area contributed by atoms with E-state index in [4.69, 9.17) is 4.74 Å². The van der Waals surface area contributed by atoms with E-state index in [0.29, 0.717) is 22.3 Å². The van der Waals surface area contributed by atoms with Crippen LogP contribution in [-0.4, -0.2) is 38.4 Å². The van der Waals surface area contributed by atoms with Crippen LogP contribution < -0.4 is 9.47 Å². The molecule has 0 bridgehead atoms. The van der Waals surface area contributed by atoms with Gasteiger partial charge in [0, 0.05) is 34.3 Å². The minimum Gasteiger partial charge on any atom is -0.478 e. The number of halogens is 3. The standard InChI is InChI=1S/C30H23F3N2O5/c1-17-26(27(36)24-14-11-18-7-4-5-10-23(18)34-24)22-13-12-21(40-30(31,32)33)16-25(22)35(17)19-8-6-9-20(15-19)39-29(2,3)28(37)38/h4-16H,1-3H3,(H,37,38). The van der Waals surface area contributed by atoms with Gasteiger partial charge in [-0.1, -0.05) is 30.3 Å². The first-order chi connectivity index (χ1) is 18.8. The number of ketones is 1. The average Bonchev–Trinajstić information content (AvgIpc) is 3.17. The highest BCUT2D eigenvalue weighted by atomic mass is 19.4. The van der Waals surface area contributed by atoms with Gasteiger partial charge in [-0.2, -0.15) is 0 Å². The number of nitrogens with zero attached hydrogens (tertiary/aromatic N) is 2. The summed E-state index contributed by atoms with van der Waals surface area (Å²) in [7, 11) is 0. The molecular weight excluding hydrogens is 525 g/mol. The number of pyridine rings is 1. The van der Waals surface area contributed by atoms with Crippen LogP contribution in [0.1, 0.15) is 35.6 Å². The molecule has 5 aromatic rings. The molecule has 40 heavy (non-hydrogen) atoms. The molecule has 0 saturated heterocycles. The molecule has 3 aromatic carbocycles. The molecule has 0 fully saturated rings. The maximum absolute atomic E-state index is 13.8. The smallest absolute Gasteiger partial charge is 0.478 e. The Balaban J connectivity index is 1.70.